The molecular formula is C30H27N3O6. The van der Waals surface area contributed by atoms with Crippen LogP contribution in [0.25, 0.3) is 21.8 Å². The number of hydrogen-bond donors (Lipinski definition) is 3. The quantitative estimate of drug-likeness (QED) is 0.308. The fraction of sp³-hybridized carbons (Fsp3) is 0.233. The summed E-state index contributed by atoms with van der Waals surface area (Å²) in [6.07, 6.45) is 0.514. The van der Waals surface area contributed by atoms with Gasteiger partial charge in [0.2, 0.25) is 17.1 Å². The van der Waals surface area contributed by atoms with Crippen molar-refractivity contribution >= 4 is 27.7 Å². The van der Waals surface area contributed by atoms with Gasteiger partial charge in [-0.1, -0.05) is 36.4 Å². The highest BCUT2D eigenvalue weighted by atomic mass is 16.5. The van der Waals surface area contributed by atoms with Crippen molar-refractivity contribution in [2.75, 3.05) is 13.7 Å². The number of aromatic nitrogens is 2. The number of aromatic amines is 2. The first-order valence-electron chi connectivity index (χ1n) is 12.8. The Morgan fingerprint density at radius 3 is 2.67 bits per heavy atom. The van der Waals surface area contributed by atoms with E-state index < -0.39 is 22.7 Å². The van der Waals surface area contributed by atoms with Gasteiger partial charge in [-0.3, -0.25) is 14.4 Å². The molecule has 0 bridgehead atoms. The maximum atomic E-state index is 13.7. The highest BCUT2D eigenvalue weighted by molar-refractivity contribution is 5.86. The number of rotatable bonds is 6. The van der Waals surface area contributed by atoms with Crippen LogP contribution >= 0.6 is 0 Å². The first-order chi connectivity index (χ1) is 18.9. The van der Waals surface area contributed by atoms with Crippen LogP contribution in [-0.4, -0.2) is 39.5 Å². The number of ether oxygens (including phenoxy) is 1. The first kappa shape index (κ1) is 24.7. The molecule has 3 N–H and O–H groups in total. The predicted molar refractivity (Wildman–Crippen MR) is 146 cm³/mol. The van der Waals surface area contributed by atoms with E-state index in [9.17, 15) is 19.5 Å². The van der Waals surface area contributed by atoms with Crippen LogP contribution in [0.4, 0.5) is 0 Å². The average Bonchev–Trinajstić information content (AvgIpc) is 3.31. The molecule has 0 saturated carbocycles. The minimum atomic E-state index is -1.00. The molecule has 39 heavy (non-hydrogen) atoms. The summed E-state index contributed by atoms with van der Waals surface area (Å²) in [7, 11) is 1.45. The molecule has 1 aliphatic heterocycles. The number of benzene rings is 2. The topological polar surface area (TPSA) is 129 Å². The van der Waals surface area contributed by atoms with Crippen molar-refractivity contribution in [3.63, 3.8) is 0 Å². The van der Waals surface area contributed by atoms with E-state index in [1.165, 1.54) is 12.7 Å². The van der Waals surface area contributed by atoms with Crippen LogP contribution in [0.5, 0.6) is 5.75 Å². The summed E-state index contributed by atoms with van der Waals surface area (Å²) >= 11 is 0. The fourth-order valence-corrected chi connectivity index (χ4v) is 5.48. The van der Waals surface area contributed by atoms with Gasteiger partial charge in [-0.2, -0.15) is 0 Å². The van der Waals surface area contributed by atoms with Crippen molar-refractivity contribution in [1.29, 1.82) is 0 Å². The Balaban J connectivity index is 1.40. The number of carbonyl (C=O) groups is 1. The Labute approximate surface area is 222 Å². The van der Waals surface area contributed by atoms with Crippen molar-refractivity contribution in [3.05, 3.63) is 110 Å². The number of para-hydroxylation sites is 2. The molecule has 0 saturated heterocycles. The number of carbonyl (C=O) groups excluding carboxylic acids is 1. The van der Waals surface area contributed by atoms with Crippen LogP contribution in [0.15, 0.2) is 74.7 Å². The summed E-state index contributed by atoms with van der Waals surface area (Å²) in [6, 6.07) is 18.2. The molecule has 1 unspecified atom stereocenters. The predicted octanol–water partition coefficient (Wildman–Crippen LogP) is 3.92. The molecule has 0 fully saturated rings. The van der Waals surface area contributed by atoms with E-state index in [2.05, 4.69) is 16.0 Å². The van der Waals surface area contributed by atoms with Crippen LogP contribution in [0.3, 0.4) is 0 Å². The minimum Gasteiger partial charge on any atom is -0.502 e. The fourth-order valence-electron chi connectivity index (χ4n) is 5.48. The van der Waals surface area contributed by atoms with E-state index >= 15 is 0 Å². The Bertz CT molecular complexity index is 1830. The van der Waals surface area contributed by atoms with Gasteiger partial charge in [-0.15, -0.1) is 0 Å². The molecule has 3 aromatic heterocycles. The molecule has 1 atom stereocenters. The molecule has 0 radical (unpaired) electrons. The molecule has 4 heterocycles. The maximum Gasteiger partial charge on any atom is 0.252 e. The number of fused-ring (bicyclic) bond motifs is 4. The van der Waals surface area contributed by atoms with Crippen LogP contribution in [0, 0.1) is 0 Å². The molecular weight excluding hydrogens is 498 g/mol. The van der Waals surface area contributed by atoms with Crippen molar-refractivity contribution in [2.24, 2.45) is 0 Å². The van der Waals surface area contributed by atoms with Crippen LogP contribution < -0.4 is 11.0 Å². The van der Waals surface area contributed by atoms with Gasteiger partial charge in [0.15, 0.2) is 5.76 Å². The third-order valence-electron chi connectivity index (χ3n) is 7.37. The SMILES string of the molecule is COCc1cc(=O)c(O)c(C(CC(=O)N2CCc3c([nH]c4ccccc34)C2)c2cc3ccccc3[nH]c2=O)o1. The first-order valence-corrected chi connectivity index (χ1v) is 12.8. The molecule has 9 heteroatoms. The summed E-state index contributed by atoms with van der Waals surface area (Å²) in [5.41, 5.74) is 2.97. The molecule has 198 valence electrons. The normalized spacial score (nSPS) is 14.0. The van der Waals surface area contributed by atoms with Crippen molar-refractivity contribution < 1.29 is 19.1 Å². The van der Waals surface area contributed by atoms with Gasteiger partial charge < -0.3 is 29.1 Å². The Kier molecular flexibility index (Phi) is 6.28. The summed E-state index contributed by atoms with van der Waals surface area (Å²) < 4.78 is 11.0. The lowest BCUT2D eigenvalue weighted by Gasteiger charge is -2.29. The molecule has 1 amide bonds. The number of amides is 1. The average molecular weight is 526 g/mol. The van der Waals surface area contributed by atoms with E-state index in [0.29, 0.717) is 25.0 Å². The van der Waals surface area contributed by atoms with Crippen LogP contribution in [0.2, 0.25) is 0 Å². The molecule has 6 rings (SSSR count). The molecule has 1 aliphatic rings. The second-order valence-electron chi connectivity index (χ2n) is 9.81. The Morgan fingerprint density at radius 1 is 1.08 bits per heavy atom. The van der Waals surface area contributed by atoms with E-state index in [1.807, 2.05) is 36.4 Å². The van der Waals surface area contributed by atoms with E-state index in [0.717, 1.165) is 28.0 Å². The smallest absolute Gasteiger partial charge is 0.252 e. The van der Waals surface area contributed by atoms with Gasteiger partial charge >= 0.3 is 0 Å². The van der Waals surface area contributed by atoms with Gasteiger partial charge in [0, 0.05) is 53.8 Å². The number of pyridine rings is 1. The van der Waals surface area contributed by atoms with Gasteiger partial charge in [0.05, 0.1) is 12.5 Å². The molecule has 0 spiro atoms. The number of nitrogens with zero attached hydrogens (tertiary/aromatic N) is 1. The summed E-state index contributed by atoms with van der Waals surface area (Å²) in [6.45, 7) is 0.893. The molecule has 9 nitrogen and oxygen atoms in total. The van der Waals surface area contributed by atoms with Crippen molar-refractivity contribution in [1.82, 2.24) is 14.9 Å². The zero-order chi connectivity index (χ0) is 27.1. The number of H-pyrrole nitrogens is 2. The number of hydrogen-bond acceptors (Lipinski definition) is 6. The van der Waals surface area contributed by atoms with Crippen LogP contribution in [-0.2, 0) is 29.1 Å². The minimum absolute atomic E-state index is 0.00739. The third-order valence-corrected chi connectivity index (χ3v) is 7.37. The van der Waals surface area contributed by atoms with E-state index in [-0.39, 0.29) is 36.0 Å². The van der Waals surface area contributed by atoms with Gasteiger partial charge in [-0.05, 0) is 35.6 Å². The maximum absolute atomic E-state index is 13.7. The molecule has 5 aromatic rings. The van der Waals surface area contributed by atoms with Crippen molar-refractivity contribution in [3.8, 4) is 5.75 Å². The molecule has 0 aliphatic carbocycles. The monoisotopic (exact) mass is 525 g/mol. The van der Waals surface area contributed by atoms with Gasteiger partial charge in [-0.25, -0.2) is 0 Å². The lowest BCUT2D eigenvalue weighted by molar-refractivity contribution is -0.132. The summed E-state index contributed by atoms with van der Waals surface area (Å²) in [5, 5.41) is 12.7. The zero-order valence-electron chi connectivity index (χ0n) is 21.3. The number of nitrogens with one attached hydrogen (secondary N) is 2. The second kappa shape index (κ2) is 9.92. The van der Waals surface area contributed by atoms with E-state index in [4.69, 9.17) is 9.15 Å². The standard InChI is InChI=1S/C30H27N3O6/c1-38-16-18-13-26(34)28(36)29(39-18)21(22-12-17-6-2-4-8-23(17)32-30(22)37)14-27(35)33-11-10-20-19-7-3-5-9-24(19)31-25(20)15-33/h2-9,12-13,21,31,36H,10-11,14-16H2,1H3,(H,32,37). The van der Waals surface area contributed by atoms with Crippen molar-refractivity contribution in [2.45, 2.75) is 31.9 Å². The van der Waals surface area contributed by atoms with E-state index in [1.54, 1.807) is 17.0 Å². The Hall–Kier alpha value is -4.63. The lowest BCUT2D eigenvalue weighted by atomic mass is 9.91. The number of aromatic hydroxyl groups is 1. The summed E-state index contributed by atoms with van der Waals surface area (Å²) in [5.74, 6) is -1.80. The third kappa shape index (κ3) is 4.51. The molecule has 2 aromatic carbocycles. The van der Waals surface area contributed by atoms with Gasteiger partial charge in [0.25, 0.3) is 5.56 Å². The highest BCUT2D eigenvalue weighted by Crippen LogP contribution is 2.34. The lowest BCUT2D eigenvalue weighted by Crippen LogP contribution is -2.37. The second-order valence-corrected chi connectivity index (χ2v) is 9.81. The number of methoxy groups -OCH3 is 1. The highest BCUT2D eigenvalue weighted by Gasteiger charge is 2.32. The zero-order valence-corrected chi connectivity index (χ0v) is 21.3. The van der Waals surface area contributed by atoms with Crippen LogP contribution in [0.1, 0.15) is 40.7 Å². The summed E-state index contributed by atoms with van der Waals surface area (Å²) in [4.78, 5) is 47.6. The largest absolute Gasteiger partial charge is 0.502 e. The van der Waals surface area contributed by atoms with Gasteiger partial charge in [0.1, 0.15) is 12.4 Å². The Morgan fingerprint density at radius 2 is 1.85 bits per heavy atom.